The van der Waals surface area contributed by atoms with E-state index in [1.807, 2.05) is 6.07 Å². The number of pyridine rings is 2. The van der Waals surface area contributed by atoms with Gasteiger partial charge in [-0.3, -0.25) is 9.97 Å². The van der Waals surface area contributed by atoms with Crippen molar-refractivity contribution in [3.63, 3.8) is 0 Å². The smallest absolute Gasteiger partial charge is 0.314 e. The standard InChI is InChI=1S/C15H10F2N8O/c16-12(17)15-22-21-14(26-15)9-4-5-10(19-7-9)8-25-23-13(20-24-25)11-3-1-2-6-18-11/h1-7,12H,8H2. The van der Waals surface area contributed by atoms with E-state index in [-0.39, 0.29) is 12.4 Å². The molecule has 0 aliphatic carbocycles. The second kappa shape index (κ2) is 6.70. The van der Waals surface area contributed by atoms with Gasteiger partial charge >= 0.3 is 6.43 Å². The molecule has 130 valence electrons. The number of rotatable bonds is 5. The first-order valence-corrected chi connectivity index (χ1v) is 7.45. The molecule has 0 radical (unpaired) electrons. The van der Waals surface area contributed by atoms with Crippen LogP contribution in [0.2, 0.25) is 0 Å². The van der Waals surface area contributed by atoms with E-state index in [2.05, 4.69) is 35.6 Å². The highest BCUT2D eigenvalue weighted by Gasteiger charge is 2.17. The van der Waals surface area contributed by atoms with Gasteiger partial charge in [0.15, 0.2) is 0 Å². The Morgan fingerprint density at radius 2 is 1.96 bits per heavy atom. The van der Waals surface area contributed by atoms with Gasteiger partial charge in [-0.2, -0.15) is 13.6 Å². The topological polar surface area (TPSA) is 108 Å². The number of tetrazole rings is 1. The number of hydrogen-bond donors (Lipinski definition) is 0. The van der Waals surface area contributed by atoms with E-state index in [4.69, 9.17) is 4.42 Å². The first kappa shape index (κ1) is 15.9. The molecule has 0 bridgehead atoms. The summed E-state index contributed by atoms with van der Waals surface area (Å²) in [6.45, 7) is 0.284. The molecule has 4 rings (SSSR count). The predicted molar refractivity (Wildman–Crippen MR) is 82.6 cm³/mol. The van der Waals surface area contributed by atoms with Crippen molar-refractivity contribution in [2.45, 2.75) is 13.0 Å². The largest absolute Gasteiger partial charge is 0.415 e. The average molecular weight is 356 g/mol. The second-order valence-electron chi connectivity index (χ2n) is 5.14. The minimum Gasteiger partial charge on any atom is -0.415 e. The summed E-state index contributed by atoms with van der Waals surface area (Å²) in [5.41, 5.74) is 1.70. The van der Waals surface area contributed by atoms with Crippen molar-refractivity contribution >= 4 is 0 Å². The molecule has 4 aromatic rings. The Morgan fingerprint density at radius 3 is 2.65 bits per heavy atom. The third-order valence-corrected chi connectivity index (χ3v) is 3.35. The summed E-state index contributed by atoms with van der Waals surface area (Å²) in [6, 6.07) is 8.74. The molecule has 0 aliphatic heterocycles. The fraction of sp³-hybridized carbons (Fsp3) is 0.133. The molecule has 0 aliphatic rings. The second-order valence-corrected chi connectivity index (χ2v) is 5.14. The van der Waals surface area contributed by atoms with Gasteiger partial charge in [-0.05, 0) is 29.5 Å². The summed E-state index contributed by atoms with van der Waals surface area (Å²) in [4.78, 5) is 9.77. The molecular weight excluding hydrogens is 346 g/mol. The molecule has 26 heavy (non-hydrogen) atoms. The molecule has 0 unspecified atom stereocenters. The first-order valence-electron chi connectivity index (χ1n) is 7.45. The summed E-state index contributed by atoms with van der Waals surface area (Å²) in [6.07, 6.45) is 0.289. The molecule has 0 N–H and O–H groups in total. The van der Waals surface area contributed by atoms with Crippen LogP contribution in [0.4, 0.5) is 8.78 Å². The maximum absolute atomic E-state index is 12.5. The van der Waals surface area contributed by atoms with Crippen molar-refractivity contribution in [3.8, 4) is 23.0 Å². The van der Waals surface area contributed by atoms with Crippen molar-refractivity contribution in [1.82, 2.24) is 40.4 Å². The predicted octanol–water partition coefficient (Wildman–Crippen LogP) is 2.17. The fourth-order valence-corrected chi connectivity index (χ4v) is 2.14. The molecule has 0 saturated heterocycles. The van der Waals surface area contributed by atoms with Crippen molar-refractivity contribution in [2.75, 3.05) is 0 Å². The van der Waals surface area contributed by atoms with Crippen LogP contribution in [-0.4, -0.2) is 40.4 Å². The average Bonchev–Trinajstić information content (AvgIpc) is 3.33. The quantitative estimate of drug-likeness (QED) is 0.535. The Kier molecular flexibility index (Phi) is 4.09. The van der Waals surface area contributed by atoms with E-state index in [1.54, 1.807) is 30.5 Å². The summed E-state index contributed by atoms with van der Waals surface area (Å²) in [7, 11) is 0. The minimum atomic E-state index is -2.81. The van der Waals surface area contributed by atoms with E-state index in [0.717, 1.165) is 0 Å². The lowest BCUT2D eigenvalue weighted by atomic mass is 10.2. The lowest BCUT2D eigenvalue weighted by molar-refractivity contribution is 0.116. The molecule has 0 spiro atoms. The molecular formula is C15H10F2N8O. The number of halogens is 2. The first-order chi connectivity index (χ1) is 12.7. The third kappa shape index (κ3) is 3.27. The Bertz CT molecular complexity index is 1000. The number of alkyl halides is 2. The van der Waals surface area contributed by atoms with Crippen molar-refractivity contribution < 1.29 is 13.2 Å². The number of nitrogens with zero attached hydrogens (tertiary/aromatic N) is 8. The van der Waals surface area contributed by atoms with Gasteiger partial charge in [-0.1, -0.05) is 6.07 Å². The zero-order valence-electron chi connectivity index (χ0n) is 13.1. The highest BCUT2D eigenvalue weighted by molar-refractivity contribution is 5.50. The van der Waals surface area contributed by atoms with E-state index < -0.39 is 12.3 Å². The van der Waals surface area contributed by atoms with Crippen molar-refractivity contribution in [1.29, 1.82) is 0 Å². The van der Waals surface area contributed by atoms with Gasteiger partial charge in [0.05, 0.1) is 11.3 Å². The van der Waals surface area contributed by atoms with Gasteiger partial charge < -0.3 is 4.42 Å². The summed E-state index contributed by atoms with van der Waals surface area (Å²) in [5, 5.41) is 19.0. The zero-order valence-corrected chi connectivity index (χ0v) is 13.1. The monoisotopic (exact) mass is 356 g/mol. The Morgan fingerprint density at radius 1 is 1.04 bits per heavy atom. The van der Waals surface area contributed by atoms with Crippen LogP contribution in [0.1, 0.15) is 18.0 Å². The van der Waals surface area contributed by atoms with Crippen LogP contribution >= 0.6 is 0 Å². The fourth-order valence-electron chi connectivity index (χ4n) is 2.14. The van der Waals surface area contributed by atoms with E-state index in [9.17, 15) is 8.78 Å². The van der Waals surface area contributed by atoms with Gasteiger partial charge in [-0.15, -0.1) is 20.4 Å². The van der Waals surface area contributed by atoms with Crippen LogP contribution in [0, 0.1) is 0 Å². The van der Waals surface area contributed by atoms with Crippen LogP contribution in [0.15, 0.2) is 47.1 Å². The minimum absolute atomic E-state index is 0.0179. The summed E-state index contributed by atoms with van der Waals surface area (Å²) < 4.78 is 29.9. The molecule has 0 fully saturated rings. The van der Waals surface area contributed by atoms with Crippen LogP contribution in [0.3, 0.4) is 0 Å². The van der Waals surface area contributed by atoms with E-state index in [1.165, 1.54) is 11.0 Å². The number of aromatic nitrogens is 8. The molecule has 9 nitrogen and oxygen atoms in total. The lowest BCUT2D eigenvalue weighted by Crippen LogP contribution is -2.05. The number of hydrogen-bond acceptors (Lipinski definition) is 8. The van der Waals surface area contributed by atoms with Gasteiger partial charge in [0.2, 0.25) is 11.7 Å². The highest BCUT2D eigenvalue weighted by atomic mass is 19.3. The van der Waals surface area contributed by atoms with Crippen molar-refractivity contribution in [3.05, 3.63) is 54.3 Å². The Hall–Kier alpha value is -3.63. The van der Waals surface area contributed by atoms with Gasteiger partial charge in [0.25, 0.3) is 5.89 Å². The highest BCUT2D eigenvalue weighted by Crippen LogP contribution is 2.22. The SMILES string of the molecule is FC(F)c1nnc(-c2ccc(Cn3nnc(-c4ccccn4)n3)nc2)o1. The normalized spacial score (nSPS) is 11.2. The van der Waals surface area contributed by atoms with Crippen LogP contribution in [-0.2, 0) is 6.54 Å². The third-order valence-electron chi connectivity index (χ3n) is 3.35. The molecule has 4 heterocycles. The molecule has 0 amide bonds. The summed E-state index contributed by atoms with van der Waals surface area (Å²) >= 11 is 0. The Balaban J connectivity index is 1.48. The van der Waals surface area contributed by atoms with Crippen molar-refractivity contribution in [2.24, 2.45) is 0 Å². The molecule has 4 aromatic heterocycles. The maximum Gasteiger partial charge on any atom is 0.314 e. The van der Waals surface area contributed by atoms with Crippen LogP contribution in [0.5, 0.6) is 0 Å². The van der Waals surface area contributed by atoms with Crippen LogP contribution < -0.4 is 0 Å². The zero-order chi connectivity index (χ0) is 17.9. The summed E-state index contributed by atoms with van der Waals surface area (Å²) in [5.74, 6) is -0.332. The van der Waals surface area contributed by atoms with Gasteiger partial charge in [0.1, 0.15) is 12.2 Å². The lowest BCUT2D eigenvalue weighted by Gasteiger charge is -2.00. The van der Waals surface area contributed by atoms with E-state index in [0.29, 0.717) is 22.8 Å². The van der Waals surface area contributed by atoms with Gasteiger partial charge in [-0.25, -0.2) is 0 Å². The molecule has 11 heteroatoms. The van der Waals surface area contributed by atoms with E-state index >= 15 is 0 Å². The molecule has 0 saturated carbocycles. The Labute approximate surface area is 144 Å². The molecule has 0 atom stereocenters. The van der Waals surface area contributed by atoms with Crippen LogP contribution in [0.25, 0.3) is 23.0 Å². The van der Waals surface area contributed by atoms with Gasteiger partial charge in [0, 0.05) is 12.4 Å². The maximum atomic E-state index is 12.5. The molecule has 0 aromatic carbocycles.